The summed E-state index contributed by atoms with van der Waals surface area (Å²) in [5, 5.41) is 3.68. The Kier molecular flexibility index (Phi) is 6.75. The molecule has 0 radical (unpaired) electrons. The Hall–Kier alpha value is -0.650. The average Bonchev–Trinajstić information content (AvgIpc) is 2.30. The molecule has 1 saturated heterocycles. The van der Waals surface area contributed by atoms with E-state index in [0.29, 0.717) is 18.6 Å². The lowest BCUT2D eigenvalue weighted by Gasteiger charge is -2.34. The van der Waals surface area contributed by atoms with E-state index in [9.17, 15) is 4.79 Å². The van der Waals surface area contributed by atoms with E-state index in [2.05, 4.69) is 36.1 Å². The van der Waals surface area contributed by atoms with E-state index in [1.54, 1.807) is 4.90 Å². The van der Waals surface area contributed by atoms with Crippen LogP contribution in [0.1, 0.15) is 19.8 Å². The van der Waals surface area contributed by atoms with Crippen LogP contribution in [-0.4, -0.2) is 87.1 Å². The van der Waals surface area contributed by atoms with Crippen LogP contribution in [0, 0.1) is 0 Å². The lowest BCUT2D eigenvalue weighted by molar-refractivity contribution is -0.130. The summed E-state index contributed by atoms with van der Waals surface area (Å²) in [6, 6.07) is 1.12. The van der Waals surface area contributed by atoms with Crippen LogP contribution < -0.4 is 5.32 Å². The molecule has 1 amide bonds. The number of likely N-dealkylation sites (tertiary alicyclic amines) is 1. The maximum absolute atomic E-state index is 11.7. The van der Waals surface area contributed by atoms with Crippen LogP contribution in [0.2, 0.25) is 0 Å². The zero-order valence-corrected chi connectivity index (χ0v) is 13.1. The van der Waals surface area contributed by atoms with Crippen molar-refractivity contribution in [3.05, 3.63) is 0 Å². The molecule has 1 atom stereocenters. The maximum atomic E-state index is 11.7. The summed E-state index contributed by atoms with van der Waals surface area (Å²) in [7, 11) is 7.85. The molecule has 0 aromatic rings. The molecule has 1 aliphatic rings. The first-order valence-corrected chi connectivity index (χ1v) is 7.21. The Morgan fingerprint density at radius 1 is 1.26 bits per heavy atom. The van der Waals surface area contributed by atoms with Gasteiger partial charge in [-0.15, -0.1) is 0 Å². The molecule has 1 N–H and O–H groups in total. The SMILES string of the molecule is CC(CN(C)C)NC1CCN(CC(=O)N(C)C)CC1. The number of carbonyl (C=O) groups excluding carboxylic acids is 1. The maximum Gasteiger partial charge on any atom is 0.236 e. The molecule has 0 aliphatic carbocycles. The normalized spacial score (nSPS) is 19.7. The second kappa shape index (κ2) is 7.82. The summed E-state index contributed by atoms with van der Waals surface area (Å²) in [6.45, 7) is 5.91. The van der Waals surface area contributed by atoms with Crippen LogP contribution in [0.25, 0.3) is 0 Å². The van der Waals surface area contributed by atoms with Crippen molar-refractivity contribution in [2.24, 2.45) is 0 Å². The van der Waals surface area contributed by atoms with E-state index in [1.165, 1.54) is 0 Å². The summed E-state index contributed by atoms with van der Waals surface area (Å²) >= 11 is 0. The Balaban J connectivity index is 2.23. The molecular formula is C14H30N4O. The average molecular weight is 270 g/mol. The third-order valence-electron chi connectivity index (χ3n) is 3.60. The number of rotatable bonds is 6. The van der Waals surface area contributed by atoms with Gasteiger partial charge >= 0.3 is 0 Å². The largest absolute Gasteiger partial charge is 0.348 e. The molecule has 5 heteroatoms. The van der Waals surface area contributed by atoms with Gasteiger partial charge in [0.05, 0.1) is 6.54 Å². The standard InChI is InChI=1S/C14H30N4O/c1-12(10-16(2)3)15-13-6-8-18(9-7-13)11-14(19)17(4)5/h12-13,15H,6-11H2,1-5H3. The van der Waals surface area contributed by atoms with Gasteiger partial charge in [-0.2, -0.15) is 0 Å². The van der Waals surface area contributed by atoms with Crippen molar-refractivity contribution < 1.29 is 4.79 Å². The number of carbonyl (C=O) groups is 1. The van der Waals surface area contributed by atoms with Crippen LogP contribution in [0.5, 0.6) is 0 Å². The van der Waals surface area contributed by atoms with Crippen molar-refractivity contribution in [2.75, 3.05) is 54.4 Å². The number of amides is 1. The highest BCUT2D eigenvalue weighted by Crippen LogP contribution is 2.11. The fraction of sp³-hybridized carbons (Fsp3) is 0.929. The van der Waals surface area contributed by atoms with Gasteiger partial charge in [0.2, 0.25) is 5.91 Å². The van der Waals surface area contributed by atoms with Crippen molar-refractivity contribution in [3.63, 3.8) is 0 Å². The Morgan fingerprint density at radius 2 is 1.84 bits per heavy atom. The fourth-order valence-electron chi connectivity index (χ4n) is 2.59. The first-order valence-electron chi connectivity index (χ1n) is 7.21. The number of nitrogens with one attached hydrogen (secondary N) is 1. The molecule has 0 bridgehead atoms. The summed E-state index contributed by atoms with van der Waals surface area (Å²) in [5.74, 6) is 0.201. The van der Waals surface area contributed by atoms with Gasteiger partial charge in [0.25, 0.3) is 0 Å². The van der Waals surface area contributed by atoms with Crippen molar-refractivity contribution >= 4 is 5.91 Å². The molecule has 0 saturated carbocycles. The topological polar surface area (TPSA) is 38.8 Å². The van der Waals surface area contributed by atoms with Gasteiger partial charge in [-0.1, -0.05) is 0 Å². The van der Waals surface area contributed by atoms with Crippen LogP contribution in [0.4, 0.5) is 0 Å². The lowest BCUT2D eigenvalue weighted by Crippen LogP contribution is -2.49. The molecule has 0 spiro atoms. The van der Waals surface area contributed by atoms with E-state index in [4.69, 9.17) is 0 Å². The smallest absolute Gasteiger partial charge is 0.236 e. The van der Waals surface area contributed by atoms with E-state index in [1.807, 2.05) is 14.1 Å². The number of likely N-dealkylation sites (N-methyl/N-ethyl adjacent to an activating group) is 2. The minimum atomic E-state index is 0.201. The fourth-order valence-corrected chi connectivity index (χ4v) is 2.59. The summed E-state index contributed by atoms with van der Waals surface area (Å²) in [5.41, 5.74) is 0. The minimum absolute atomic E-state index is 0.201. The zero-order valence-electron chi connectivity index (χ0n) is 13.1. The Bertz CT molecular complexity index is 273. The second-order valence-electron chi connectivity index (χ2n) is 6.17. The van der Waals surface area contributed by atoms with Crippen LogP contribution in [-0.2, 0) is 4.79 Å². The monoisotopic (exact) mass is 270 g/mol. The predicted molar refractivity (Wildman–Crippen MR) is 79.3 cm³/mol. The quantitative estimate of drug-likeness (QED) is 0.742. The van der Waals surface area contributed by atoms with Crippen molar-refractivity contribution in [3.8, 4) is 0 Å². The Morgan fingerprint density at radius 3 is 2.32 bits per heavy atom. The van der Waals surface area contributed by atoms with Gasteiger partial charge in [0.15, 0.2) is 0 Å². The van der Waals surface area contributed by atoms with Gasteiger partial charge in [-0.05, 0) is 33.9 Å². The Labute approximate surface area is 117 Å². The van der Waals surface area contributed by atoms with E-state index >= 15 is 0 Å². The van der Waals surface area contributed by atoms with Crippen molar-refractivity contribution in [1.82, 2.24) is 20.0 Å². The predicted octanol–water partition coefficient (Wildman–Crippen LogP) is 0.0787. The molecule has 5 nitrogen and oxygen atoms in total. The van der Waals surface area contributed by atoms with Crippen LogP contribution in [0.3, 0.4) is 0 Å². The number of nitrogens with zero attached hydrogens (tertiary/aromatic N) is 3. The molecule has 1 heterocycles. The summed E-state index contributed by atoms with van der Waals surface area (Å²) in [4.78, 5) is 17.8. The third-order valence-corrected chi connectivity index (χ3v) is 3.60. The second-order valence-corrected chi connectivity index (χ2v) is 6.17. The lowest BCUT2D eigenvalue weighted by atomic mass is 10.0. The minimum Gasteiger partial charge on any atom is -0.348 e. The van der Waals surface area contributed by atoms with Gasteiger partial charge in [-0.3, -0.25) is 9.69 Å². The molecule has 0 aromatic heterocycles. The molecule has 112 valence electrons. The third kappa shape index (κ3) is 6.36. The summed E-state index contributed by atoms with van der Waals surface area (Å²) in [6.07, 6.45) is 2.27. The molecule has 19 heavy (non-hydrogen) atoms. The molecule has 0 aromatic carbocycles. The number of hydrogen-bond acceptors (Lipinski definition) is 4. The molecule has 1 unspecified atom stereocenters. The number of hydrogen-bond donors (Lipinski definition) is 1. The summed E-state index contributed by atoms with van der Waals surface area (Å²) < 4.78 is 0. The highest BCUT2D eigenvalue weighted by atomic mass is 16.2. The van der Waals surface area contributed by atoms with Crippen molar-refractivity contribution in [1.29, 1.82) is 0 Å². The van der Waals surface area contributed by atoms with Crippen LogP contribution >= 0.6 is 0 Å². The first kappa shape index (κ1) is 16.4. The van der Waals surface area contributed by atoms with Crippen molar-refractivity contribution in [2.45, 2.75) is 31.8 Å². The highest BCUT2D eigenvalue weighted by Gasteiger charge is 2.22. The zero-order chi connectivity index (χ0) is 14.4. The van der Waals surface area contributed by atoms with E-state index < -0.39 is 0 Å². The molecule has 1 rings (SSSR count). The van der Waals surface area contributed by atoms with E-state index in [-0.39, 0.29) is 5.91 Å². The number of piperidine rings is 1. The highest BCUT2D eigenvalue weighted by molar-refractivity contribution is 5.77. The van der Waals surface area contributed by atoms with Crippen LogP contribution in [0.15, 0.2) is 0 Å². The molecule has 1 aliphatic heterocycles. The van der Waals surface area contributed by atoms with E-state index in [0.717, 1.165) is 32.5 Å². The van der Waals surface area contributed by atoms with Gasteiger partial charge in [-0.25, -0.2) is 0 Å². The van der Waals surface area contributed by atoms with Gasteiger partial charge < -0.3 is 15.1 Å². The van der Waals surface area contributed by atoms with Gasteiger partial charge in [0.1, 0.15) is 0 Å². The molecular weight excluding hydrogens is 240 g/mol. The molecule has 1 fully saturated rings. The van der Waals surface area contributed by atoms with Gasteiger partial charge in [0, 0.05) is 45.8 Å². The first-order chi connectivity index (χ1) is 8.88.